The number of hydrogen-bond acceptors (Lipinski definition) is 4. The fraction of sp³-hybridized carbons (Fsp3) is 0.444. The van der Waals surface area contributed by atoms with Crippen LogP contribution in [-0.4, -0.2) is 15.9 Å². The van der Waals surface area contributed by atoms with Crippen molar-refractivity contribution in [1.82, 2.24) is 4.57 Å². The van der Waals surface area contributed by atoms with Gasteiger partial charge in [0.15, 0.2) is 3.95 Å². The third-order valence-corrected chi connectivity index (χ3v) is 5.78. The molecule has 2 aromatic rings. The van der Waals surface area contributed by atoms with E-state index in [9.17, 15) is 5.11 Å². The minimum atomic E-state index is 0.278. The van der Waals surface area contributed by atoms with Gasteiger partial charge in [0.25, 0.3) is 0 Å². The summed E-state index contributed by atoms with van der Waals surface area (Å²) in [6.45, 7) is 4.12. The van der Waals surface area contributed by atoms with E-state index in [0.717, 1.165) is 32.9 Å². The lowest BCUT2D eigenvalue weighted by Crippen LogP contribution is -2.12. The summed E-state index contributed by atoms with van der Waals surface area (Å²) in [5.74, 6) is 0.278. The fourth-order valence-corrected chi connectivity index (χ4v) is 4.54. The first-order valence-corrected chi connectivity index (χ1v) is 9.34. The largest absolute Gasteiger partial charge is 0.493 e. The smallest absolute Gasteiger partial charge is 0.212 e. The molecule has 3 rings (SSSR count). The Morgan fingerprint density at radius 3 is 2.70 bits per heavy atom. The second-order valence-corrected chi connectivity index (χ2v) is 7.94. The van der Waals surface area contributed by atoms with Crippen molar-refractivity contribution in [2.45, 2.75) is 52.0 Å². The van der Waals surface area contributed by atoms with Crippen molar-refractivity contribution < 1.29 is 5.11 Å². The lowest BCUT2D eigenvalue weighted by molar-refractivity contribution is 0.312. The Bertz CT molecular complexity index is 783. The molecule has 122 valence electrons. The molecule has 5 heteroatoms. The van der Waals surface area contributed by atoms with Gasteiger partial charge >= 0.3 is 0 Å². The normalized spacial score (nSPS) is 16.3. The Kier molecular flexibility index (Phi) is 4.97. The van der Waals surface area contributed by atoms with Gasteiger partial charge in [0.1, 0.15) is 4.88 Å². The van der Waals surface area contributed by atoms with Crippen LogP contribution in [0.4, 0.5) is 5.69 Å². The lowest BCUT2D eigenvalue weighted by Gasteiger charge is -2.23. The van der Waals surface area contributed by atoms with Crippen molar-refractivity contribution >= 4 is 35.5 Å². The maximum atomic E-state index is 10.6. The standard InChI is InChI=1S/C18H22N2OS2/c1-12-8-9-15(13(2)10-12)19-11-16-17(21)20(18(22)23-16)14-6-4-3-5-7-14/h8-11,14,21H,3-7H2,1-2H3. The number of aromatic hydroxyl groups is 1. The quantitative estimate of drug-likeness (QED) is 0.558. The van der Waals surface area contributed by atoms with Crippen LogP contribution in [0.25, 0.3) is 0 Å². The summed E-state index contributed by atoms with van der Waals surface area (Å²) >= 11 is 6.92. The highest BCUT2D eigenvalue weighted by Gasteiger charge is 2.21. The topological polar surface area (TPSA) is 37.5 Å². The molecule has 1 aliphatic carbocycles. The second kappa shape index (κ2) is 6.97. The van der Waals surface area contributed by atoms with E-state index in [2.05, 4.69) is 31.0 Å². The molecule has 23 heavy (non-hydrogen) atoms. The van der Waals surface area contributed by atoms with Crippen LogP contribution in [0.2, 0.25) is 0 Å². The Labute approximate surface area is 146 Å². The second-order valence-electron chi connectivity index (χ2n) is 6.27. The van der Waals surface area contributed by atoms with Crippen molar-refractivity contribution in [3.63, 3.8) is 0 Å². The minimum Gasteiger partial charge on any atom is -0.493 e. The highest BCUT2D eigenvalue weighted by molar-refractivity contribution is 7.73. The molecule has 0 spiro atoms. The number of benzene rings is 1. The minimum absolute atomic E-state index is 0.278. The third kappa shape index (κ3) is 3.56. The molecule has 0 bridgehead atoms. The maximum absolute atomic E-state index is 10.6. The Morgan fingerprint density at radius 1 is 1.26 bits per heavy atom. The first-order chi connectivity index (χ1) is 11.1. The van der Waals surface area contributed by atoms with Crippen molar-refractivity contribution in [3.8, 4) is 5.88 Å². The van der Waals surface area contributed by atoms with Gasteiger partial charge in [-0.25, -0.2) is 0 Å². The van der Waals surface area contributed by atoms with Crippen LogP contribution in [0.5, 0.6) is 5.88 Å². The van der Waals surface area contributed by atoms with E-state index in [0.29, 0.717) is 6.04 Å². The number of aryl methyl sites for hydroxylation is 2. The zero-order valence-electron chi connectivity index (χ0n) is 13.6. The molecule has 1 heterocycles. The van der Waals surface area contributed by atoms with Gasteiger partial charge in [0.2, 0.25) is 5.88 Å². The van der Waals surface area contributed by atoms with E-state index in [1.807, 2.05) is 10.6 Å². The summed E-state index contributed by atoms with van der Waals surface area (Å²) in [7, 11) is 0. The molecule has 1 aromatic carbocycles. The number of rotatable bonds is 3. The van der Waals surface area contributed by atoms with E-state index in [1.165, 1.54) is 36.2 Å². The van der Waals surface area contributed by atoms with E-state index in [1.54, 1.807) is 6.21 Å². The summed E-state index contributed by atoms with van der Waals surface area (Å²) in [6.07, 6.45) is 7.67. The van der Waals surface area contributed by atoms with Crippen LogP contribution in [-0.2, 0) is 0 Å². The number of thiazole rings is 1. The number of hydrogen-bond donors (Lipinski definition) is 1. The van der Waals surface area contributed by atoms with Gasteiger partial charge in [-0.05, 0) is 50.5 Å². The van der Waals surface area contributed by atoms with Crippen molar-refractivity contribution in [2.75, 3.05) is 0 Å². The summed E-state index contributed by atoms with van der Waals surface area (Å²) in [6, 6.07) is 6.52. The van der Waals surface area contributed by atoms with Crippen molar-refractivity contribution in [3.05, 3.63) is 38.2 Å². The van der Waals surface area contributed by atoms with Crippen LogP contribution in [0, 0.1) is 17.8 Å². The third-order valence-electron chi connectivity index (χ3n) is 4.46. The van der Waals surface area contributed by atoms with E-state index in [4.69, 9.17) is 12.2 Å². The summed E-state index contributed by atoms with van der Waals surface area (Å²) in [5.41, 5.74) is 3.29. The average Bonchev–Trinajstić information content (AvgIpc) is 2.81. The van der Waals surface area contributed by atoms with Crippen molar-refractivity contribution in [1.29, 1.82) is 0 Å². The molecule has 0 atom stereocenters. The van der Waals surface area contributed by atoms with Gasteiger partial charge in [0, 0.05) is 6.04 Å². The van der Waals surface area contributed by atoms with E-state index >= 15 is 0 Å². The highest BCUT2D eigenvalue weighted by atomic mass is 32.1. The van der Waals surface area contributed by atoms with Crippen LogP contribution >= 0.6 is 23.6 Å². The van der Waals surface area contributed by atoms with Crippen LogP contribution in [0.3, 0.4) is 0 Å². The summed E-state index contributed by atoms with van der Waals surface area (Å²) in [4.78, 5) is 5.29. The zero-order chi connectivity index (χ0) is 16.4. The molecule has 1 fully saturated rings. The predicted octanol–water partition coefficient (Wildman–Crippen LogP) is 5.86. The van der Waals surface area contributed by atoms with Gasteiger partial charge in [-0.2, -0.15) is 0 Å². The van der Waals surface area contributed by atoms with Gasteiger partial charge in [0.05, 0.1) is 11.9 Å². The number of aromatic nitrogens is 1. The SMILES string of the molecule is Cc1ccc(N=Cc2sc(=S)n(C3CCCCC3)c2O)c(C)c1. The lowest BCUT2D eigenvalue weighted by atomic mass is 9.95. The van der Waals surface area contributed by atoms with Crippen LogP contribution < -0.4 is 0 Å². The molecule has 1 aliphatic rings. The zero-order valence-corrected chi connectivity index (χ0v) is 15.2. The highest BCUT2D eigenvalue weighted by Crippen LogP contribution is 2.36. The Balaban J connectivity index is 1.89. The Morgan fingerprint density at radius 2 is 2.00 bits per heavy atom. The molecule has 1 N–H and O–H groups in total. The predicted molar refractivity (Wildman–Crippen MR) is 100 cm³/mol. The van der Waals surface area contributed by atoms with Gasteiger partial charge in [-0.15, -0.1) is 0 Å². The number of aliphatic imine (C=N–C) groups is 1. The molecule has 0 saturated heterocycles. The summed E-state index contributed by atoms with van der Waals surface area (Å²) in [5, 5.41) is 10.6. The average molecular weight is 347 g/mol. The summed E-state index contributed by atoms with van der Waals surface area (Å²) < 4.78 is 2.68. The molecular formula is C18H22N2OS2. The Hall–Kier alpha value is -1.46. The van der Waals surface area contributed by atoms with E-state index in [-0.39, 0.29) is 5.88 Å². The molecule has 1 aromatic heterocycles. The monoisotopic (exact) mass is 346 g/mol. The molecule has 0 aliphatic heterocycles. The molecule has 0 unspecified atom stereocenters. The van der Waals surface area contributed by atoms with Gasteiger partial charge < -0.3 is 5.11 Å². The van der Waals surface area contributed by atoms with Crippen molar-refractivity contribution in [2.24, 2.45) is 4.99 Å². The van der Waals surface area contributed by atoms with Gasteiger partial charge in [-0.1, -0.05) is 48.3 Å². The first kappa shape index (κ1) is 16.4. The molecule has 1 saturated carbocycles. The molecule has 3 nitrogen and oxygen atoms in total. The van der Waals surface area contributed by atoms with E-state index < -0.39 is 0 Å². The van der Waals surface area contributed by atoms with Crippen LogP contribution in [0.15, 0.2) is 23.2 Å². The molecular weight excluding hydrogens is 324 g/mol. The molecule has 0 radical (unpaired) electrons. The van der Waals surface area contributed by atoms with Gasteiger partial charge in [-0.3, -0.25) is 9.56 Å². The maximum Gasteiger partial charge on any atom is 0.212 e. The molecule has 0 amide bonds. The first-order valence-electron chi connectivity index (χ1n) is 8.12. The number of nitrogens with zero attached hydrogens (tertiary/aromatic N) is 2. The fourth-order valence-electron chi connectivity index (χ4n) is 3.22. The van der Waals surface area contributed by atoms with Crippen LogP contribution in [0.1, 0.15) is 54.1 Å².